The molecule has 1 heteroatoms. The quantitative estimate of drug-likeness (QED) is 0.551. The van der Waals surface area contributed by atoms with Crippen LogP contribution >= 0.6 is 0 Å². The molecule has 0 aromatic rings. The molecule has 0 saturated carbocycles. The first kappa shape index (κ1) is 12.2. The summed E-state index contributed by atoms with van der Waals surface area (Å²) in [6.45, 7) is 11.9. The van der Waals surface area contributed by atoms with Crippen molar-refractivity contribution in [2.24, 2.45) is 11.8 Å². The van der Waals surface area contributed by atoms with Crippen LogP contribution in [-0.4, -0.2) is 8.80 Å². The highest BCUT2D eigenvalue weighted by atomic mass is 28.3. The molecule has 0 aliphatic carbocycles. The predicted octanol–water partition coefficient (Wildman–Crippen LogP) is 3.94. The summed E-state index contributed by atoms with van der Waals surface area (Å²) in [6.07, 6.45) is 2.93. The van der Waals surface area contributed by atoms with E-state index in [2.05, 4.69) is 34.2 Å². The Morgan fingerprint density at radius 1 is 0.833 bits per heavy atom. The van der Waals surface area contributed by atoms with Crippen molar-refractivity contribution in [1.82, 2.24) is 0 Å². The van der Waals surface area contributed by atoms with Gasteiger partial charge in [0, 0.05) is 8.80 Å². The van der Waals surface area contributed by atoms with Crippen LogP contribution in [0.3, 0.4) is 0 Å². The Hall–Kier alpha value is 0.217. The van der Waals surface area contributed by atoms with Crippen molar-refractivity contribution in [3.8, 4) is 0 Å². The molecule has 0 saturated heterocycles. The molecule has 0 aliphatic heterocycles. The largest absolute Gasteiger partial charge is 0.0720 e. The van der Waals surface area contributed by atoms with Crippen molar-refractivity contribution in [2.75, 3.05) is 0 Å². The molecule has 0 aromatic heterocycles. The first-order chi connectivity index (χ1) is 5.52. The molecule has 0 rings (SSSR count). The van der Waals surface area contributed by atoms with Crippen molar-refractivity contribution < 1.29 is 0 Å². The maximum atomic E-state index is 2.53. The van der Waals surface area contributed by atoms with E-state index in [1.165, 1.54) is 12.8 Å². The van der Waals surface area contributed by atoms with Crippen LogP contribution < -0.4 is 0 Å². The minimum atomic E-state index is -0.314. The molecule has 0 N–H and O–H groups in total. The van der Waals surface area contributed by atoms with Gasteiger partial charge in [-0.25, -0.2) is 0 Å². The molecule has 0 atom stereocenters. The first-order valence-corrected chi connectivity index (χ1v) is 8.31. The summed E-state index contributed by atoms with van der Waals surface area (Å²) < 4.78 is 0. The standard InChI is InChI=1S/C11H26Si/c1-10(2)6-8-12(5)9-7-11(3)4/h10-12H,6-9H2,1-5H3. The molecule has 0 unspecified atom stereocenters. The summed E-state index contributed by atoms with van der Waals surface area (Å²) in [5.41, 5.74) is 0. The number of rotatable bonds is 6. The summed E-state index contributed by atoms with van der Waals surface area (Å²) in [5.74, 6) is 1.83. The van der Waals surface area contributed by atoms with Gasteiger partial charge >= 0.3 is 0 Å². The lowest BCUT2D eigenvalue weighted by atomic mass is 10.2. The second kappa shape index (κ2) is 6.70. The Bertz CT molecular complexity index is 85.2. The zero-order valence-electron chi connectivity index (χ0n) is 9.56. The van der Waals surface area contributed by atoms with Crippen LogP contribution in [0.25, 0.3) is 0 Å². The highest BCUT2D eigenvalue weighted by Crippen LogP contribution is 2.14. The van der Waals surface area contributed by atoms with E-state index in [1.807, 2.05) is 0 Å². The summed E-state index contributed by atoms with van der Waals surface area (Å²) in [7, 11) is -0.314. The van der Waals surface area contributed by atoms with Gasteiger partial charge < -0.3 is 0 Å². The number of hydrogen-bond donors (Lipinski definition) is 0. The molecule has 0 spiro atoms. The van der Waals surface area contributed by atoms with Crippen LogP contribution in [0, 0.1) is 11.8 Å². The van der Waals surface area contributed by atoms with Crippen LogP contribution in [0.4, 0.5) is 0 Å². The smallest absolute Gasteiger partial charge is 0.0336 e. The lowest BCUT2D eigenvalue weighted by molar-refractivity contribution is 0.607. The van der Waals surface area contributed by atoms with Crippen LogP contribution in [-0.2, 0) is 0 Å². The zero-order chi connectivity index (χ0) is 9.56. The number of hydrogen-bond acceptors (Lipinski definition) is 0. The topological polar surface area (TPSA) is 0 Å². The molecule has 0 nitrogen and oxygen atoms in total. The molecule has 0 amide bonds. The summed E-state index contributed by atoms with van der Waals surface area (Å²) in [4.78, 5) is 0. The van der Waals surface area contributed by atoms with Crippen molar-refractivity contribution in [2.45, 2.75) is 59.2 Å². The Morgan fingerprint density at radius 2 is 1.17 bits per heavy atom. The third-order valence-electron chi connectivity index (χ3n) is 2.47. The van der Waals surface area contributed by atoms with Crippen molar-refractivity contribution in [3.63, 3.8) is 0 Å². The normalized spacial score (nSPS) is 12.0. The Balaban J connectivity index is 3.27. The lowest BCUT2D eigenvalue weighted by Crippen LogP contribution is -2.08. The Morgan fingerprint density at radius 3 is 1.42 bits per heavy atom. The fraction of sp³-hybridized carbons (Fsp3) is 1.00. The maximum Gasteiger partial charge on any atom is 0.0336 e. The molecule has 12 heavy (non-hydrogen) atoms. The second-order valence-corrected chi connectivity index (χ2v) is 8.41. The molecule has 0 aromatic carbocycles. The second-order valence-electron chi connectivity index (χ2n) is 5.05. The molecular weight excluding hydrogens is 160 g/mol. The monoisotopic (exact) mass is 186 g/mol. The lowest BCUT2D eigenvalue weighted by Gasteiger charge is -2.12. The van der Waals surface area contributed by atoms with Gasteiger partial charge in [-0.15, -0.1) is 0 Å². The van der Waals surface area contributed by atoms with Gasteiger partial charge in [0.05, 0.1) is 0 Å². The van der Waals surface area contributed by atoms with Gasteiger partial charge in [-0.3, -0.25) is 0 Å². The van der Waals surface area contributed by atoms with Gasteiger partial charge in [-0.1, -0.05) is 59.2 Å². The Kier molecular flexibility index (Phi) is 6.82. The van der Waals surface area contributed by atoms with E-state index in [9.17, 15) is 0 Å². The minimum absolute atomic E-state index is 0.314. The van der Waals surface area contributed by atoms with Gasteiger partial charge in [-0.05, 0) is 11.8 Å². The van der Waals surface area contributed by atoms with E-state index in [-0.39, 0.29) is 8.80 Å². The molecule has 0 bridgehead atoms. The van der Waals surface area contributed by atoms with Gasteiger partial charge in [0.25, 0.3) is 0 Å². The fourth-order valence-corrected chi connectivity index (χ4v) is 4.14. The molecular formula is C11H26Si. The van der Waals surface area contributed by atoms with Crippen LogP contribution in [0.5, 0.6) is 0 Å². The SMILES string of the molecule is CC(C)CC[SiH](C)CCC(C)C. The minimum Gasteiger partial charge on any atom is -0.0720 e. The zero-order valence-corrected chi connectivity index (χ0v) is 10.7. The summed E-state index contributed by atoms with van der Waals surface area (Å²) in [5, 5.41) is 0. The summed E-state index contributed by atoms with van der Waals surface area (Å²) >= 11 is 0. The van der Waals surface area contributed by atoms with Gasteiger partial charge in [0.1, 0.15) is 0 Å². The van der Waals surface area contributed by atoms with E-state index in [0.29, 0.717) is 0 Å². The van der Waals surface area contributed by atoms with Crippen molar-refractivity contribution >= 4 is 8.80 Å². The molecule has 74 valence electrons. The first-order valence-electron chi connectivity index (χ1n) is 5.52. The third kappa shape index (κ3) is 8.31. The molecule has 0 radical (unpaired) electrons. The summed E-state index contributed by atoms with van der Waals surface area (Å²) in [6, 6.07) is 3.12. The highest BCUT2D eigenvalue weighted by Gasteiger charge is 2.06. The molecule has 0 aliphatic rings. The van der Waals surface area contributed by atoms with E-state index < -0.39 is 0 Å². The van der Waals surface area contributed by atoms with Crippen LogP contribution in [0.2, 0.25) is 18.6 Å². The maximum absolute atomic E-state index is 2.53. The van der Waals surface area contributed by atoms with E-state index in [0.717, 1.165) is 11.8 Å². The van der Waals surface area contributed by atoms with E-state index in [4.69, 9.17) is 0 Å². The molecule has 0 fully saturated rings. The highest BCUT2D eigenvalue weighted by molar-refractivity contribution is 6.57. The third-order valence-corrected chi connectivity index (χ3v) is 5.11. The van der Waals surface area contributed by atoms with Crippen molar-refractivity contribution in [3.05, 3.63) is 0 Å². The van der Waals surface area contributed by atoms with Gasteiger partial charge in [0.15, 0.2) is 0 Å². The predicted molar refractivity (Wildman–Crippen MR) is 61.5 cm³/mol. The average molecular weight is 186 g/mol. The van der Waals surface area contributed by atoms with Gasteiger partial charge in [0.2, 0.25) is 0 Å². The van der Waals surface area contributed by atoms with Crippen molar-refractivity contribution in [1.29, 1.82) is 0 Å². The van der Waals surface area contributed by atoms with Gasteiger partial charge in [-0.2, -0.15) is 0 Å². The average Bonchev–Trinajstić information content (AvgIpc) is 1.96. The van der Waals surface area contributed by atoms with E-state index >= 15 is 0 Å². The van der Waals surface area contributed by atoms with Crippen LogP contribution in [0.1, 0.15) is 40.5 Å². The van der Waals surface area contributed by atoms with E-state index in [1.54, 1.807) is 12.1 Å². The fourth-order valence-electron chi connectivity index (χ4n) is 1.38. The Labute approximate surface area is 80.4 Å². The van der Waals surface area contributed by atoms with Crippen LogP contribution in [0.15, 0.2) is 0 Å². The molecule has 0 heterocycles.